The summed E-state index contributed by atoms with van der Waals surface area (Å²) in [5, 5.41) is 3.46. The summed E-state index contributed by atoms with van der Waals surface area (Å²) in [6.45, 7) is 2.51. The largest absolute Gasteiger partial charge is 0.381 e. The lowest BCUT2D eigenvalue weighted by molar-refractivity contribution is -0.124. The lowest BCUT2D eigenvalue weighted by atomic mass is 9.96. The summed E-state index contributed by atoms with van der Waals surface area (Å²) in [6, 6.07) is 0.497. The molecular weight excluding hydrogens is 256 g/mol. The minimum absolute atomic E-state index is 0.177. The predicted octanol–water partition coefficient (Wildman–Crippen LogP) is 0.958. The Balaban J connectivity index is 1.48. The van der Waals surface area contributed by atoms with Gasteiger partial charge in [0.25, 0.3) is 0 Å². The Labute approximate surface area is 120 Å². The van der Waals surface area contributed by atoms with Crippen molar-refractivity contribution >= 4 is 5.91 Å². The normalized spacial score (nSPS) is 35.3. The topological polar surface area (TPSA) is 73.6 Å². The first-order valence-electron chi connectivity index (χ1n) is 7.95. The number of hydrogen-bond donors (Lipinski definition) is 2. The molecule has 5 heteroatoms. The van der Waals surface area contributed by atoms with Crippen LogP contribution in [0.25, 0.3) is 0 Å². The number of amides is 1. The third kappa shape index (κ3) is 3.32. The summed E-state index contributed by atoms with van der Waals surface area (Å²) in [7, 11) is 0. The zero-order chi connectivity index (χ0) is 14.0. The highest BCUT2D eigenvalue weighted by atomic mass is 16.5. The number of carbonyl (C=O) groups is 1. The number of ether oxygens (including phenoxy) is 2. The molecule has 2 unspecified atom stereocenters. The van der Waals surface area contributed by atoms with Crippen LogP contribution < -0.4 is 11.1 Å². The Morgan fingerprint density at radius 3 is 2.65 bits per heavy atom. The van der Waals surface area contributed by atoms with Gasteiger partial charge < -0.3 is 20.5 Å². The lowest BCUT2D eigenvalue weighted by Gasteiger charge is -2.28. The molecule has 1 amide bonds. The van der Waals surface area contributed by atoms with Gasteiger partial charge in [0, 0.05) is 32.3 Å². The summed E-state index contributed by atoms with van der Waals surface area (Å²) >= 11 is 0. The molecule has 5 nitrogen and oxygen atoms in total. The zero-order valence-electron chi connectivity index (χ0n) is 12.1. The number of hydrogen-bond acceptors (Lipinski definition) is 4. The molecule has 20 heavy (non-hydrogen) atoms. The quantitative estimate of drug-likeness (QED) is 0.761. The van der Waals surface area contributed by atoms with E-state index in [0.29, 0.717) is 12.0 Å². The molecule has 3 N–H and O–H groups in total. The minimum Gasteiger partial charge on any atom is -0.381 e. The van der Waals surface area contributed by atoms with Crippen molar-refractivity contribution in [3.8, 4) is 0 Å². The fourth-order valence-electron chi connectivity index (χ4n) is 3.37. The second kappa shape index (κ2) is 6.00. The molecule has 0 aromatic rings. The summed E-state index contributed by atoms with van der Waals surface area (Å²) in [4.78, 5) is 11.8. The highest BCUT2D eigenvalue weighted by molar-refractivity contribution is 5.85. The molecule has 1 aliphatic heterocycles. The molecular formula is C15H26N2O3. The van der Waals surface area contributed by atoms with Gasteiger partial charge in [-0.25, -0.2) is 0 Å². The average molecular weight is 282 g/mol. The van der Waals surface area contributed by atoms with Crippen LogP contribution in [-0.4, -0.2) is 43.4 Å². The van der Waals surface area contributed by atoms with Gasteiger partial charge in [-0.15, -0.1) is 0 Å². The van der Waals surface area contributed by atoms with E-state index in [9.17, 15) is 4.79 Å². The second-order valence-electron chi connectivity index (χ2n) is 6.62. The highest BCUT2D eigenvalue weighted by Gasteiger charge is 2.47. The predicted molar refractivity (Wildman–Crippen MR) is 75.2 cm³/mol. The Morgan fingerprint density at radius 2 is 2.00 bits per heavy atom. The number of nitrogens with one attached hydrogen (secondary N) is 1. The molecule has 1 heterocycles. The smallest absolute Gasteiger partial charge is 0.237 e. The highest BCUT2D eigenvalue weighted by Crippen LogP contribution is 2.35. The van der Waals surface area contributed by atoms with E-state index in [0.717, 1.165) is 51.9 Å². The fraction of sp³-hybridized carbons (Fsp3) is 0.933. The summed E-state index contributed by atoms with van der Waals surface area (Å²) in [5.74, 6) is 0.408. The number of nitrogens with two attached hydrogens (primary N) is 1. The van der Waals surface area contributed by atoms with Crippen molar-refractivity contribution in [2.75, 3.05) is 19.8 Å². The molecule has 3 fully saturated rings. The number of carbonyl (C=O) groups excluding carboxylic acids is 1. The summed E-state index contributed by atoms with van der Waals surface area (Å²) < 4.78 is 11.4. The second-order valence-corrected chi connectivity index (χ2v) is 6.62. The Kier molecular flexibility index (Phi) is 4.29. The van der Waals surface area contributed by atoms with Gasteiger partial charge in [-0.2, -0.15) is 0 Å². The van der Waals surface area contributed by atoms with Gasteiger partial charge in [-0.05, 0) is 44.4 Å². The molecule has 0 radical (unpaired) electrons. The van der Waals surface area contributed by atoms with Crippen LogP contribution in [0.4, 0.5) is 0 Å². The van der Waals surface area contributed by atoms with Gasteiger partial charge in [-0.3, -0.25) is 4.79 Å². The van der Waals surface area contributed by atoms with Crippen LogP contribution in [0.1, 0.15) is 44.9 Å². The molecule has 0 aromatic carbocycles. The van der Waals surface area contributed by atoms with Crippen LogP contribution in [0.3, 0.4) is 0 Å². The van der Waals surface area contributed by atoms with Gasteiger partial charge in [0.15, 0.2) is 0 Å². The maximum absolute atomic E-state index is 11.8. The fourth-order valence-corrected chi connectivity index (χ4v) is 3.37. The van der Waals surface area contributed by atoms with E-state index in [-0.39, 0.29) is 12.0 Å². The molecule has 114 valence electrons. The maximum atomic E-state index is 11.8. The molecule has 0 aromatic heterocycles. The van der Waals surface area contributed by atoms with Crippen LogP contribution in [0, 0.1) is 5.92 Å². The van der Waals surface area contributed by atoms with Crippen molar-refractivity contribution in [3.05, 3.63) is 0 Å². The van der Waals surface area contributed by atoms with E-state index < -0.39 is 5.54 Å². The molecule has 0 bridgehead atoms. The third-order valence-corrected chi connectivity index (χ3v) is 4.91. The van der Waals surface area contributed by atoms with Gasteiger partial charge in [-0.1, -0.05) is 0 Å². The van der Waals surface area contributed by atoms with Gasteiger partial charge in [0.2, 0.25) is 5.91 Å². The molecule has 3 rings (SSSR count). The Hall–Kier alpha value is -0.650. The van der Waals surface area contributed by atoms with Crippen LogP contribution in [0.2, 0.25) is 0 Å². The summed E-state index contributed by atoms with van der Waals surface area (Å²) in [5.41, 5.74) is 5.12. The Morgan fingerprint density at radius 1 is 1.25 bits per heavy atom. The van der Waals surface area contributed by atoms with E-state index in [1.54, 1.807) is 0 Å². The van der Waals surface area contributed by atoms with E-state index in [4.69, 9.17) is 15.2 Å². The minimum atomic E-state index is -0.512. The van der Waals surface area contributed by atoms with Crippen molar-refractivity contribution in [3.63, 3.8) is 0 Å². The van der Waals surface area contributed by atoms with E-state index in [1.165, 1.54) is 12.8 Å². The van der Waals surface area contributed by atoms with E-state index in [1.807, 2.05) is 0 Å². The van der Waals surface area contributed by atoms with Crippen LogP contribution in [-0.2, 0) is 14.3 Å². The molecule has 2 saturated carbocycles. The van der Waals surface area contributed by atoms with E-state index >= 15 is 0 Å². The van der Waals surface area contributed by atoms with Crippen molar-refractivity contribution < 1.29 is 14.3 Å². The monoisotopic (exact) mass is 282 g/mol. The lowest BCUT2D eigenvalue weighted by Crippen LogP contribution is -2.54. The number of primary amides is 1. The first kappa shape index (κ1) is 14.3. The standard InChI is InChI=1S/C15H26N2O3/c16-14(18)15(17-12-1-2-12)6-3-13(9-15)20-10-11-4-7-19-8-5-11/h11-13,17H,1-10H2,(H2,16,18). The van der Waals surface area contributed by atoms with Crippen LogP contribution in [0.15, 0.2) is 0 Å². The molecule has 2 atom stereocenters. The van der Waals surface area contributed by atoms with Crippen molar-refractivity contribution in [2.24, 2.45) is 11.7 Å². The molecule has 0 spiro atoms. The van der Waals surface area contributed by atoms with Crippen LogP contribution >= 0.6 is 0 Å². The maximum Gasteiger partial charge on any atom is 0.237 e. The van der Waals surface area contributed by atoms with Gasteiger partial charge >= 0.3 is 0 Å². The van der Waals surface area contributed by atoms with E-state index in [2.05, 4.69) is 5.32 Å². The van der Waals surface area contributed by atoms with Crippen molar-refractivity contribution in [1.82, 2.24) is 5.32 Å². The number of rotatable bonds is 6. The molecule has 2 aliphatic carbocycles. The zero-order valence-corrected chi connectivity index (χ0v) is 12.1. The first-order valence-corrected chi connectivity index (χ1v) is 7.95. The van der Waals surface area contributed by atoms with Crippen molar-refractivity contribution in [2.45, 2.75) is 62.6 Å². The van der Waals surface area contributed by atoms with Crippen LogP contribution in [0.5, 0.6) is 0 Å². The average Bonchev–Trinajstić information content (AvgIpc) is 3.16. The first-order chi connectivity index (χ1) is 9.68. The Bertz CT molecular complexity index is 353. The SMILES string of the molecule is NC(=O)C1(NC2CC2)CCC(OCC2CCOCC2)C1. The summed E-state index contributed by atoms with van der Waals surface area (Å²) in [6.07, 6.45) is 7.19. The third-order valence-electron chi connectivity index (χ3n) is 4.91. The molecule has 3 aliphatic rings. The molecule has 1 saturated heterocycles. The van der Waals surface area contributed by atoms with Gasteiger partial charge in [0.05, 0.1) is 6.10 Å². The van der Waals surface area contributed by atoms with Gasteiger partial charge in [0.1, 0.15) is 5.54 Å². The van der Waals surface area contributed by atoms with Crippen molar-refractivity contribution in [1.29, 1.82) is 0 Å².